The van der Waals surface area contributed by atoms with Gasteiger partial charge in [-0.25, -0.2) is 8.78 Å². The molecule has 2 N–H and O–H groups in total. The van der Waals surface area contributed by atoms with Gasteiger partial charge in [0, 0.05) is 10.6 Å². The van der Waals surface area contributed by atoms with E-state index in [0.717, 1.165) is 0 Å². The summed E-state index contributed by atoms with van der Waals surface area (Å²) in [6, 6.07) is 10.4. The maximum Gasteiger partial charge on any atom is 0.126 e. The van der Waals surface area contributed by atoms with Gasteiger partial charge in [-0.15, -0.1) is 0 Å². The number of nitrogens with two attached hydrogens (primary N) is 1. The van der Waals surface area contributed by atoms with Crippen LogP contribution in [-0.4, -0.2) is 0 Å². The smallest absolute Gasteiger partial charge is 0.126 e. The summed E-state index contributed by atoms with van der Waals surface area (Å²) >= 11 is 6.05. The standard InChI is InChI=1S/C15H14ClF2N/c1-15(19,9-10-4-2-3-5-14(10)18)12-8-11(17)6-7-13(12)16/h2-8H,9,19H2,1H3. The third-order valence-corrected chi connectivity index (χ3v) is 3.39. The minimum absolute atomic E-state index is 0.239. The van der Waals surface area contributed by atoms with Gasteiger partial charge in [-0.1, -0.05) is 29.8 Å². The van der Waals surface area contributed by atoms with Crippen LogP contribution >= 0.6 is 11.6 Å². The number of rotatable bonds is 3. The predicted octanol–water partition coefficient (Wildman–Crippen LogP) is 4.03. The Kier molecular flexibility index (Phi) is 3.88. The zero-order valence-electron chi connectivity index (χ0n) is 10.5. The van der Waals surface area contributed by atoms with Gasteiger partial charge in [-0.05, 0) is 48.7 Å². The normalized spacial score (nSPS) is 14.2. The monoisotopic (exact) mass is 281 g/mol. The van der Waals surface area contributed by atoms with Gasteiger partial charge in [0.25, 0.3) is 0 Å². The fourth-order valence-electron chi connectivity index (χ4n) is 2.07. The van der Waals surface area contributed by atoms with E-state index in [-0.39, 0.29) is 12.2 Å². The molecule has 0 radical (unpaired) electrons. The van der Waals surface area contributed by atoms with Crippen LogP contribution in [0, 0.1) is 11.6 Å². The van der Waals surface area contributed by atoms with Crippen molar-refractivity contribution in [3.8, 4) is 0 Å². The largest absolute Gasteiger partial charge is 0.321 e. The quantitative estimate of drug-likeness (QED) is 0.903. The fraction of sp³-hybridized carbons (Fsp3) is 0.200. The molecule has 1 atom stereocenters. The molecule has 1 nitrogen and oxygen atoms in total. The molecule has 0 amide bonds. The van der Waals surface area contributed by atoms with Crippen molar-refractivity contribution in [1.29, 1.82) is 0 Å². The van der Waals surface area contributed by atoms with Crippen LogP contribution in [0.4, 0.5) is 8.78 Å². The Hall–Kier alpha value is -1.45. The average Bonchev–Trinajstić information content (AvgIpc) is 2.35. The lowest BCUT2D eigenvalue weighted by Crippen LogP contribution is -2.36. The van der Waals surface area contributed by atoms with Crippen molar-refractivity contribution in [3.63, 3.8) is 0 Å². The van der Waals surface area contributed by atoms with Crippen LogP contribution in [0.15, 0.2) is 42.5 Å². The molecule has 19 heavy (non-hydrogen) atoms. The molecule has 0 saturated heterocycles. The van der Waals surface area contributed by atoms with Gasteiger partial charge in [-0.3, -0.25) is 0 Å². The molecule has 0 heterocycles. The zero-order valence-corrected chi connectivity index (χ0v) is 11.2. The number of halogens is 3. The molecule has 100 valence electrons. The van der Waals surface area contributed by atoms with Crippen LogP contribution in [0.1, 0.15) is 18.1 Å². The lowest BCUT2D eigenvalue weighted by atomic mass is 9.86. The summed E-state index contributed by atoms with van der Waals surface area (Å²) in [5.74, 6) is -0.740. The van der Waals surface area contributed by atoms with Crippen molar-refractivity contribution < 1.29 is 8.78 Å². The highest BCUT2D eigenvalue weighted by molar-refractivity contribution is 6.31. The zero-order chi connectivity index (χ0) is 14.0. The van der Waals surface area contributed by atoms with E-state index < -0.39 is 11.4 Å². The molecular weight excluding hydrogens is 268 g/mol. The van der Waals surface area contributed by atoms with E-state index in [1.54, 1.807) is 25.1 Å². The first-order valence-electron chi connectivity index (χ1n) is 5.88. The molecule has 0 fully saturated rings. The van der Waals surface area contributed by atoms with Crippen molar-refractivity contribution in [3.05, 3.63) is 70.2 Å². The first-order valence-corrected chi connectivity index (χ1v) is 6.26. The first-order chi connectivity index (χ1) is 8.90. The average molecular weight is 282 g/mol. The third-order valence-electron chi connectivity index (χ3n) is 3.06. The van der Waals surface area contributed by atoms with Crippen LogP contribution in [-0.2, 0) is 12.0 Å². The molecule has 1 unspecified atom stereocenters. The van der Waals surface area contributed by atoms with Crippen LogP contribution in [0.3, 0.4) is 0 Å². The van der Waals surface area contributed by atoms with Gasteiger partial charge in [0.2, 0.25) is 0 Å². The van der Waals surface area contributed by atoms with Crippen molar-refractivity contribution in [2.75, 3.05) is 0 Å². The summed E-state index contributed by atoms with van der Waals surface area (Å²) in [5.41, 5.74) is 6.20. The molecule has 2 rings (SSSR count). The minimum atomic E-state index is -0.943. The molecule has 0 spiro atoms. The van der Waals surface area contributed by atoms with E-state index in [1.807, 2.05) is 0 Å². The van der Waals surface area contributed by atoms with Crippen molar-refractivity contribution >= 4 is 11.6 Å². The molecule has 0 saturated carbocycles. The van der Waals surface area contributed by atoms with Gasteiger partial charge < -0.3 is 5.73 Å². The lowest BCUT2D eigenvalue weighted by molar-refractivity contribution is 0.471. The van der Waals surface area contributed by atoms with Crippen molar-refractivity contribution in [2.24, 2.45) is 5.73 Å². The molecule has 2 aromatic rings. The highest BCUT2D eigenvalue weighted by atomic mass is 35.5. The van der Waals surface area contributed by atoms with Crippen molar-refractivity contribution in [2.45, 2.75) is 18.9 Å². The fourth-order valence-corrected chi connectivity index (χ4v) is 2.40. The van der Waals surface area contributed by atoms with E-state index in [4.69, 9.17) is 17.3 Å². The summed E-state index contributed by atoms with van der Waals surface area (Å²) < 4.78 is 27.0. The number of hydrogen-bond donors (Lipinski definition) is 1. The Bertz CT molecular complexity index is 596. The predicted molar refractivity (Wildman–Crippen MR) is 73.1 cm³/mol. The molecule has 4 heteroatoms. The van der Waals surface area contributed by atoms with E-state index in [0.29, 0.717) is 16.1 Å². The summed E-state index contributed by atoms with van der Waals surface area (Å²) in [5, 5.41) is 0.378. The summed E-state index contributed by atoms with van der Waals surface area (Å²) in [6.45, 7) is 1.71. The van der Waals surface area contributed by atoms with E-state index >= 15 is 0 Å². The van der Waals surface area contributed by atoms with Gasteiger partial charge in [0.15, 0.2) is 0 Å². The van der Waals surface area contributed by atoms with E-state index in [1.165, 1.54) is 24.3 Å². The topological polar surface area (TPSA) is 26.0 Å². The minimum Gasteiger partial charge on any atom is -0.321 e. The van der Waals surface area contributed by atoms with Gasteiger partial charge in [-0.2, -0.15) is 0 Å². The van der Waals surface area contributed by atoms with Gasteiger partial charge >= 0.3 is 0 Å². The second-order valence-corrected chi connectivity index (χ2v) is 5.22. The Morgan fingerprint density at radius 2 is 1.84 bits per heavy atom. The second kappa shape index (κ2) is 5.27. The van der Waals surface area contributed by atoms with Gasteiger partial charge in [0.1, 0.15) is 11.6 Å². The Balaban J connectivity index is 2.37. The first kappa shape index (κ1) is 14.0. The summed E-state index contributed by atoms with van der Waals surface area (Å²) in [4.78, 5) is 0. The number of hydrogen-bond acceptors (Lipinski definition) is 1. The maximum atomic E-state index is 13.7. The molecule has 0 aliphatic heterocycles. The lowest BCUT2D eigenvalue weighted by Gasteiger charge is -2.26. The molecule has 0 aliphatic rings. The van der Waals surface area contributed by atoms with E-state index in [9.17, 15) is 8.78 Å². The molecule has 0 bridgehead atoms. The Labute approximate surface area is 116 Å². The molecular formula is C15H14ClF2N. The highest BCUT2D eigenvalue weighted by Crippen LogP contribution is 2.30. The Morgan fingerprint density at radius 3 is 2.53 bits per heavy atom. The van der Waals surface area contributed by atoms with E-state index in [2.05, 4.69) is 0 Å². The molecule has 0 aliphatic carbocycles. The number of benzene rings is 2. The molecule has 2 aromatic carbocycles. The maximum absolute atomic E-state index is 13.7. The Morgan fingerprint density at radius 1 is 1.16 bits per heavy atom. The van der Waals surface area contributed by atoms with Crippen LogP contribution < -0.4 is 5.73 Å². The highest BCUT2D eigenvalue weighted by Gasteiger charge is 2.26. The molecule has 0 aromatic heterocycles. The third kappa shape index (κ3) is 3.11. The summed E-state index contributed by atoms with van der Waals surface area (Å²) in [6.07, 6.45) is 0.239. The van der Waals surface area contributed by atoms with Crippen LogP contribution in [0.2, 0.25) is 5.02 Å². The summed E-state index contributed by atoms with van der Waals surface area (Å²) in [7, 11) is 0. The van der Waals surface area contributed by atoms with Gasteiger partial charge in [0.05, 0.1) is 0 Å². The van der Waals surface area contributed by atoms with Crippen LogP contribution in [0.5, 0.6) is 0 Å². The van der Waals surface area contributed by atoms with Crippen molar-refractivity contribution in [1.82, 2.24) is 0 Å². The van der Waals surface area contributed by atoms with Crippen LogP contribution in [0.25, 0.3) is 0 Å². The second-order valence-electron chi connectivity index (χ2n) is 4.81. The SMILES string of the molecule is CC(N)(Cc1ccccc1F)c1cc(F)ccc1Cl.